The van der Waals surface area contributed by atoms with Gasteiger partial charge in [0.05, 0.1) is 0 Å². The number of H-pyrrole nitrogens is 1. The lowest BCUT2D eigenvalue weighted by atomic mass is 9.86. The zero-order valence-electron chi connectivity index (χ0n) is 12.1. The van der Waals surface area contributed by atoms with Crippen LogP contribution in [-0.4, -0.2) is 9.97 Å². The molecule has 17 heavy (non-hydrogen) atoms. The summed E-state index contributed by atoms with van der Waals surface area (Å²) in [7, 11) is 0. The fourth-order valence-electron chi connectivity index (χ4n) is 2.08. The van der Waals surface area contributed by atoms with Crippen molar-refractivity contribution in [3.8, 4) is 0 Å². The van der Waals surface area contributed by atoms with Crippen LogP contribution in [0.1, 0.15) is 84.2 Å². The number of imidazole rings is 1. The number of nitrogens with one attached hydrogen (secondary N) is 1. The molecule has 0 aliphatic carbocycles. The second-order valence-electron chi connectivity index (χ2n) is 5.84. The molecule has 1 atom stereocenters. The molecule has 0 fully saturated rings. The molecule has 1 heterocycles. The quantitative estimate of drug-likeness (QED) is 0.678. The van der Waals surface area contributed by atoms with E-state index in [1.165, 1.54) is 31.4 Å². The van der Waals surface area contributed by atoms with Crippen LogP contribution < -0.4 is 0 Å². The van der Waals surface area contributed by atoms with Crippen molar-refractivity contribution in [3.05, 3.63) is 17.7 Å². The Morgan fingerprint density at radius 3 is 2.59 bits per heavy atom. The molecule has 0 spiro atoms. The molecule has 98 valence electrons. The van der Waals surface area contributed by atoms with E-state index in [-0.39, 0.29) is 5.41 Å². The number of aromatic amines is 1. The maximum absolute atomic E-state index is 4.58. The van der Waals surface area contributed by atoms with Gasteiger partial charge < -0.3 is 4.98 Å². The van der Waals surface area contributed by atoms with Crippen LogP contribution in [-0.2, 0) is 5.41 Å². The van der Waals surface area contributed by atoms with Crippen molar-refractivity contribution in [2.24, 2.45) is 0 Å². The minimum absolute atomic E-state index is 0.181. The van der Waals surface area contributed by atoms with Crippen LogP contribution >= 0.6 is 0 Å². The normalized spacial score (nSPS) is 13.9. The van der Waals surface area contributed by atoms with Gasteiger partial charge in [-0.3, -0.25) is 0 Å². The molecule has 0 saturated carbocycles. The smallest absolute Gasteiger partial charge is 0.111 e. The van der Waals surface area contributed by atoms with E-state index >= 15 is 0 Å². The van der Waals surface area contributed by atoms with E-state index in [1.807, 2.05) is 6.20 Å². The monoisotopic (exact) mass is 236 g/mol. The van der Waals surface area contributed by atoms with E-state index in [2.05, 4.69) is 44.6 Å². The van der Waals surface area contributed by atoms with Gasteiger partial charge in [0, 0.05) is 17.3 Å². The molecule has 0 saturated heterocycles. The first-order valence-electron chi connectivity index (χ1n) is 7.06. The Labute approximate surface area is 106 Å². The second-order valence-corrected chi connectivity index (χ2v) is 5.84. The van der Waals surface area contributed by atoms with Gasteiger partial charge in [-0.2, -0.15) is 0 Å². The Bertz CT molecular complexity index is 325. The van der Waals surface area contributed by atoms with Gasteiger partial charge in [-0.05, 0) is 18.8 Å². The zero-order chi connectivity index (χ0) is 12.9. The predicted octanol–water partition coefficient (Wildman–Crippen LogP) is 4.78. The fourth-order valence-corrected chi connectivity index (χ4v) is 2.08. The summed E-state index contributed by atoms with van der Waals surface area (Å²) >= 11 is 0. The number of nitrogens with zero attached hydrogens (tertiary/aromatic N) is 1. The molecule has 2 nitrogen and oxygen atoms in total. The van der Waals surface area contributed by atoms with Gasteiger partial charge in [0.2, 0.25) is 0 Å². The minimum Gasteiger partial charge on any atom is -0.345 e. The summed E-state index contributed by atoms with van der Waals surface area (Å²) < 4.78 is 0. The van der Waals surface area contributed by atoms with Crippen molar-refractivity contribution in [1.82, 2.24) is 9.97 Å². The average molecular weight is 236 g/mol. The first kappa shape index (κ1) is 14.3. The summed E-state index contributed by atoms with van der Waals surface area (Å²) in [6.07, 6.45) is 8.30. The topological polar surface area (TPSA) is 28.7 Å². The number of unbranched alkanes of at least 4 members (excludes halogenated alkanes) is 2. The highest BCUT2D eigenvalue weighted by molar-refractivity contribution is 5.12. The van der Waals surface area contributed by atoms with Gasteiger partial charge >= 0.3 is 0 Å². The third-order valence-electron chi connectivity index (χ3n) is 3.79. The Balaban J connectivity index is 2.67. The molecule has 0 aromatic carbocycles. The summed E-state index contributed by atoms with van der Waals surface area (Å²) in [5, 5.41) is 0. The fraction of sp³-hybridized carbons (Fsp3) is 0.800. The molecule has 0 amide bonds. The van der Waals surface area contributed by atoms with Crippen molar-refractivity contribution < 1.29 is 0 Å². The van der Waals surface area contributed by atoms with Crippen molar-refractivity contribution in [3.63, 3.8) is 0 Å². The molecule has 0 radical (unpaired) electrons. The molecular weight excluding hydrogens is 208 g/mol. The lowest BCUT2D eigenvalue weighted by Gasteiger charge is -2.22. The van der Waals surface area contributed by atoms with Crippen LogP contribution in [0.2, 0.25) is 0 Å². The van der Waals surface area contributed by atoms with Gasteiger partial charge in [-0.25, -0.2) is 4.98 Å². The van der Waals surface area contributed by atoms with Crippen molar-refractivity contribution in [1.29, 1.82) is 0 Å². The van der Waals surface area contributed by atoms with Crippen LogP contribution in [0.4, 0.5) is 0 Å². The first-order valence-corrected chi connectivity index (χ1v) is 7.06. The highest BCUT2D eigenvalue weighted by Gasteiger charge is 2.23. The molecule has 1 N–H and O–H groups in total. The van der Waals surface area contributed by atoms with Gasteiger partial charge in [0.15, 0.2) is 0 Å². The lowest BCUT2D eigenvalue weighted by molar-refractivity contribution is 0.428. The summed E-state index contributed by atoms with van der Waals surface area (Å²) in [6, 6.07) is 0. The second kappa shape index (κ2) is 6.23. The lowest BCUT2D eigenvalue weighted by Crippen LogP contribution is -2.19. The zero-order valence-corrected chi connectivity index (χ0v) is 12.1. The number of hydrogen-bond donors (Lipinski definition) is 1. The molecular formula is C15H28N2. The van der Waals surface area contributed by atoms with E-state index in [0.717, 1.165) is 12.2 Å². The SMILES string of the molecule is CCCCCC(C)(C)c1ncc(C(C)CC)[nH]1. The molecule has 1 unspecified atom stereocenters. The van der Waals surface area contributed by atoms with Gasteiger partial charge in [0.1, 0.15) is 5.82 Å². The van der Waals surface area contributed by atoms with Crippen LogP contribution in [0.15, 0.2) is 6.20 Å². The molecule has 0 bridgehead atoms. The summed E-state index contributed by atoms with van der Waals surface area (Å²) in [5.41, 5.74) is 1.46. The molecule has 2 heteroatoms. The van der Waals surface area contributed by atoms with Gasteiger partial charge in [-0.15, -0.1) is 0 Å². The van der Waals surface area contributed by atoms with Crippen LogP contribution in [0, 0.1) is 0 Å². The number of aromatic nitrogens is 2. The molecule has 1 rings (SSSR count). The van der Waals surface area contributed by atoms with E-state index < -0.39 is 0 Å². The number of rotatable bonds is 7. The summed E-state index contributed by atoms with van der Waals surface area (Å²) in [6.45, 7) is 11.3. The molecule has 0 aliphatic heterocycles. The van der Waals surface area contributed by atoms with E-state index in [9.17, 15) is 0 Å². The maximum atomic E-state index is 4.58. The van der Waals surface area contributed by atoms with E-state index in [0.29, 0.717) is 5.92 Å². The van der Waals surface area contributed by atoms with Crippen LogP contribution in [0.5, 0.6) is 0 Å². The summed E-state index contributed by atoms with van der Waals surface area (Å²) in [5.74, 6) is 1.74. The largest absolute Gasteiger partial charge is 0.345 e. The average Bonchev–Trinajstić information content (AvgIpc) is 2.78. The van der Waals surface area contributed by atoms with Gasteiger partial charge in [-0.1, -0.05) is 53.9 Å². The van der Waals surface area contributed by atoms with E-state index in [4.69, 9.17) is 0 Å². The highest BCUT2D eigenvalue weighted by Crippen LogP contribution is 2.28. The first-order chi connectivity index (χ1) is 8.01. The van der Waals surface area contributed by atoms with E-state index in [1.54, 1.807) is 0 Å². The minimum atomic E-state index is 0.181. The Hall–Kier alpha value is -0.790. The summed E-state index contributed by atoms with van der Waals surface area (Å²) in [4.78, 5) is 8.10. The standard InChI is InChI=1S/C15H28N2/c1-6-8-9-10-15(4,5)14-16-11-13(17-14)12(3)7-2/h11-12H,6-10H2,1-5H3,(H,16,17). The third-order valence-corrected chi connectivity index (χ3v) is 3.79. The Morgan fingerprint density at radius 1 is 1.29 bits per heavy atom. The number of hydrogen-bond acceptors (Lipinski definition) is 1. The Morgan fingerprint density at radius 2 is 2.00 bits per heavy atom. The molecule has 1 aromatic rings. The highest BCUT2D eigenvalue weighted by atomic mass is 14.9. The van der Waals surface area contributed by atoms with Crippen LogP contribution in [0.3, 0.4) is 0 Å². The predicted molar refractivity (Wildman–Crippen MR) is 74.5 cm³/mol. The Kier molecular flexibility index (Phi) is 5.23. The van der Waals surface area contributed by atoms with Gasteiger partial charge in [0.25, 0.3) is 0 Å². The third kappa shape index (κ3) is 3.86. The maximum Gasteiger partial charge on any atom is 0.111 e. The molecule has 0 aliphatic rings. The van der Waals surface area contributed by atoms with Crippen molar-refractivity contribution in [2.45, 2.75) is 78.1 Å². The molecule has 1 aromatic heterocycles. The van der Waals surface area contributed by atoms with Crippen LogP contribution in [0.25, 0.3) is 0 Å². The van der Waals surface area contributed by atoms with Crippen molar-refractivity contribution >= 4 is 0 Å². The van der Waals surface area contributed by atoms with Crippen molar-refractivity contribution in [2.75, 3.05) is 0 Å².